The summed E-state index contributed by atoms with van der Waals surface area (Å²) in [6.07, 6.45) is 1.61. The molecule has 0 spiro atoms. The van der Waals surface area contributed by atoms with Crippen molar-refractivity contribution in [2.45, 2.75) is 20.5 Å². The van der Waals surface area contributed by atoms with Crippen molar-refractivity contribution in [3.8, 4) is 11.4 Å². The van der Waals surface area contributed by atoms with Crippen molar-refractivity contribution in [2.75, 3.05) is 6.54 Å². The molecule has 7 nitrogen and oxygen atoms in total. The Morgan fingerprint density at radius 3 is 2.50 bits per heavy atom. The number of carboxylic acid groups (broad SMARTS) is 1. The van der Waals surface area contributed by atoms with Gasteiger partial charge in [0.1, 0.15) is 24.7 Å². The van der Waals surface area contributed by atoms with E-state index < -0.39 is 23.7 Å². The number of hydrogen-bond acceptors (Lipinski definition) is 5. The molecular formula is C25H21FN2O5S. The van der Waals surface area contributed by atoms with Gasteiger partial charge >= 0.3 is 5.97 Å². The third-order valence-electron chi connectivity index (χ3n) is 5.37. The lowest BCUT2D eigenvalue weighted by atomic mass is 10.2. The topological polar surface area (TPSA) is 88.8 Å². The van der Waals surface area contributed by atoms with Crippen molar-refractivity contribution >= 4 is 35.0 Å². The van der Waals surface area contributed by atoms with Crippen LogP contribution < -0.4 is 4.74 Å². The normalized spacial score (nSPS) is 14.8. The van der Waals surface area contributed by atoms with Gasteiger partial charge in [-0.3, -0.25) is 19.3 Å². The van der Waals surface area contributed by atoms with Gasteiger partial charge < -0.3 is 14.4 Å². The molecule has 174 valence electrons. The van der Waals surface area contributed by atoms with Gasteiger partial charge in [-0.2, -0.15) is 0 Å². The lowest BCUT2D eigenvalue weighted by molar-refractivity contribution is -0.140. The van der Waals surface area contributed by atoms with Crippen molar-refractivity contribution in [3.63, 3.8) is 0 Å². The van der Waals surface area contributed by atoms with Crippen LogP contribution in [0.4, 0.5) is 9.18 Å². The summed E-state index contributed by atoms with van der Waals surface area (Å²) in [6, 6.07) is 15.7. The molecule has 0 radical (unpaired) electrons. The van der Waals surface area contributed by atoms with E-state index >= 15 is 0 Å². The third-order valence-corrected chi connectivity index (χ3v) is 6.28. The van der Waals surface area contributed by atoms with Crippen LogP contribution in [0.1, 0.15) is 22.5 Å². The Hall–Kier alpha value is -3.85. The summed E-state index contributed by atoms with van der Waals surface area (Å²) in [5.41, 5.74) is 3.85. The van der Waals surface area contributed by atoms with Crippen LogP contribution in [-0.4, -0.2) is 38.2 Å². The van der Waals surface area contributed by atoms with Crippen molar-refractivity contribution in [2.24, 2.45) is 0 Å². The summed E-state index contributed by atoms with van der Waals surface area (Å²) < 4.78 is 21.5. The largest absolute Gasteiger partial charge is 0.489 e. The zero-order valence-electron chi connectivity index (χ0n) is 18.4. The summed E-state index contributed by atoms with van der Waals surface area (Å²) in [5, 5.41) is 8.32. The van der Waals surface area contributed by atoms with Crippen LogP contribution in [0.2, 0.25) is 0 Å². The lowest BCUT2D eigenvalue weighted by Gasteiger charge is -2.12. The molecule has 1 N–H and O–H groups in total. The maximum absolute atomic E-state index is 13.8. The summed E-state index contributed by atoms with van der Waals surface area (Å²) in [4.78, 5) is 36.3. The number of aromatic nitrogens is 1. The van der Waals surface area contributed by atoms with Gasteiger partial charge in [-0.15, -0.1) is 0 Å². The van der Waals surface area contributed by atoms with Gasteiger partial charge in [0.25, 0.3) is 11.1 Å². The van der Waals surface area contributed by atoms with Crippen molar-refractivity contribution in [1.29, 1.82) is 0 Å². The van der Waals surface area contributed by atoms with Gasteiger partial charge in [-0.05, 0) is 73.6 Å². The van der Waals surface area contributed by atoms with E-state index in [0.29, 0.717) is 11.3 Å². The number of imide groups is 1. The molecule has 1 aliphatic rings. The summed E-state index contributed by atoms with van der Waals surface area (Å²) in [6.45, 7) is 3.27. The van der Waals surface area contributed by atoms with E-state index in [-0.39, 0.29) is 17.3 Å². The van der Waals surface area contributed by atoms with Gasteiger partial charge in [-0.25, -0.2) is 4.39 Å². The number of ether oxygens (including phenoxy) is 1. The number of hydrogen-bond donors (Lipinski definition) is 1. The second-order valence-corrected chi connectivity index (χ2v) is 8.69. The first-order valence-electron chi connectivity index (χ1n) is 10.4. The van der Waals surface area contributed by atoms with Gasteiger partial charge in [0.05, 0.1) is 4.91 Å². The summed E-state index contributed by atoms with van der Waals surface area (Å²) in [5.74, 6) is -1.57. The fourth-order valence-electron chi connectivity index (χ4n) is 3.71. The van der Waals surface area contributed by atoms with Crippen LogP contribution in [0.5, 0.6) is 5.75 Å². The molecule has 34 heavy (non-hydrogen) atoms. The molecule has 2 heterocycles. The maximum Gasteiger partial charge on any atom is 0.323 e. The van der Waals surface area contributed by atoms with Gasteiger partial charge in [0, 0.05) is 22.6 Å². The Morgan fingerprint density at radius 1 is 1.12 bits per heavy atom. The Labute approximate surface area is 199 Å². The molecule has 0 aliphatic carbocycles. The van der Waals surface area contributed by atoms with E-state index in [1.54, 1.807) is 36.4 Å². The van der Waals surface area contributed by atoms with Crippen LogP contribution >= 0.6 is 11.8 Å². The van der Waals surface area contributed by atoms with Gasteiger partial charge in [0.15, 0.2) is 0 Å². The van der Waals surface area contributed by atoms with Crippen LogP contribution in [0.25, 0.3) is 11.8 Å². The fourth-order valence-corrected chi connectivity index (χ4v) is 4.54. The average molecular weight is 481 g/mol. The van der Waals surface area contributed by atoms with E-state index in [1.807, 2.05) is 36.6 Å². The molecule has 9 heteroatoms. The molecule has 1 fully saturated rings. The first kappa shape index (κ1) is 23.3. The number of thioether (sulfide) groups is 1. The predicted molar refractivity (Wildman–Crippen MR) is 126 cm³/mol. The molecule has 0 bridgehead atoms. The number of carboxylic acids is 1. The standard InChI is InChI=1S/C25H21FN2O5S/c1-15-11-18(12-22-24(31)27(13-23(29)30)25(32)34-22)16(2)28(15)19-7-9-20(10-8-19)33-14-17-5-3-4-6-21(17)26/h3-12H,13-14H2,1-2H3,(H,29,30)/b22-12+. The van der Waals surface area contributed by atoms with Gasteiger partial charge in [-0.1, -0.05) is 18.2 Å². The van der Waals surface area contributed by atoms with Crippen LogP contribution in [0, 0.1) is 19.7 Å². The molecule has 3 aromatic rings. The molecule has 1 aromatic heterocycles. The SMILES string of the molecule is Cc1cc(/C=C2/SC(=O)N(CC(=O)O)C2=O)c(C)n1-c1ccc(OCc2ccccc2F)cc1. The quantitative estimate of drug-likeness (QED) is 0.482. The summed E-state index contributed by atoms with van der Waals surface area (Å²) >= 11 is 0.728. The Morgan fingerprint density at radius 2 is 1.82 bits per heavy atom. The number of aryl methyl sites for hydroxylation is 1. The molecule has 1 aliphatic heterocycles. The average Bonchev–Trinajstić information content (AvgIpc) is 3.22. The molecule has 4 rings (SSSR count). The number of rotatable bonds is 7. The molecule has 0 atom stereocenters. The van der Waals surface area contributed by atoms with Gasteiger partial charge in [0.2, 0.25) is 0 Å². The highest BCUT2D eigenvalue weighted by molar-refractivity contribution is 8.18. The number of aliphatic carboxylic acids is 1. The molecule has 0 unspecified atom stereocenters. The van der Waals surface area contributed by atoms with E-state index in [2.05, 4.69) is 0 Å². The molecule has 2 aromatic carbocycles. The second-order valence-electron chi connectivity index (χ2n) is 7.70. The molecule has 2 amide bonds. The minimum absolute atomic E-state index is 0.120. The number of halogens is 1. The highest BCUT2D eigenvalue weighted by Crippen LogP contribution is 2.33. The van der Waals surface area contributed by atoms with Crippen LogP contribution in [0.15, 0.2) is 59.5 Å². The zero-order chi connectivity index (χ0) is 24.4. The number of amides is 2. The van der Waals surface area contributed by atoms with Crippen molar-refractivity contribution in [1.82, 2.24) is 9.47 Å². The maximum atomic E-state index is 13.8. The first-order valence-corrected chi connectivity index (χ1v) is 11.2. The highest BCUT2D eigenvalue weighted by Gasteiger charge is 2.36. The lowest BCUT2D eigenvalue weighted by Crippen LogP contribution is -2.33. The Balaban J connectivity index is 1.53. The summed E-state index contributed by atoms with van der Waals surface area (Å²) in [7, 11) is 0. The molecular weight excluding hydrogens is 459 g/mol. The predicted octanol–water partition coefficient (Wildman–Crippen LogP) is 4.93. The highest BCUT2D eigenvalue weighted by atomic mass is 32.2. The Bertz CT molecular complexity index is 1310. The molecule has 1 saturated heterocycles. The second kappa shape index (κ2) is 9.56. The fraction of sp³-hybridized carbons (Fsp3) is 0.160. The van der Waals surface area contributed by atoms with Crippen molar-refractivity contribution in [3.05, 3.63) is 87.8 Å². The number of nitrogens with zero attached hydrogens (tertiary/aromatic N) is 2. The van der Waals surface area contributed by atoms with E-state index in [4.69, 9.17) is 9.84 Å². The number of benzene rings is 2. The smallest absolute Gasteiger partial charge is 0.323 e. The van der Waals surface area contributed by atoms with E-state index in [1.165, 1.54) is 6.07 Å². The zero-order valence-corrected chi connectivity index (χ0v) is 19.3. The van der Waals surface area contributed by atoms with Crippen LogP contribution in [-0.2, 0) is 16.2 Å². The Kier molecular flexibility index (Phi) is 6.56. The van der Waals surface area contributed by atoms with Crippen molar-refractivity contribution < 1.29 is 28.6 Å². The van der Waals surface area contributed by atoms with E-state index in [0.717, 1.165) is 39.3 Å². The minimum Gasteiger partial charge on any atom is -0.489 e. The number of carbonyl (C=O) groups is 3. The van der Waals surface area contributed by atoms with E-state index in [9.17, 15) is 18.8 Å². The minimum atomic E-state index is -1.25. The monoisotopic (exact) mass is 480 g/mol. The number of carbonyl (C=O) groups excluding carboxylic acids is 2. The van der Waals surface area contributed by atoms with Crippen LogP contribution in [0.3, 0.4) is 0 Å². The molecule has 0 saturated carbocycles. The third kappa shape index (κ3) is 4.74. The first-order chi connectivity index (χ1) is 16.2.